The molecule has 0 unspecified atom stereocenters. The quantitative estimate of drug-likeness (QED) is 0.826. The fourth-order valence-electron chi connectivity index (χ4n) is 1.94. The lowest BCUT2D eigenvalue weighted by Crippen LogP contribution is -2.22. The van der Waals surface area contributed by atoms with Crippen LogP contribution in [0.1, 0.15) is 15.9 Å². The van der Waals surface area contributed by atoms with Crippen molar-refractivity contribution < 1.29 is 19.0 Å². The number of hydrogen-bond acceptors (Lipinski definition) is 5. The van der Waals surface area contributed by atoms with E-state index in [9.17, 15) is 4.79 Å². The summed E-state index contributed by atoms with van der Waals surface area (Å²) in [4.78, 5) is 12.1. The van der Waals surface area contributed by atoms with E-state index < -0.39 is 0 Å². The highest BCUT2D eigenvalue weighted by molar-refractivity contribution is 9.11. The predicted molar refractivity (Wildman–Crippen MR) is 89.3 cm³/mol. The number of thiophene rings is 1. The number of hydrogen-bond donors (Lipinski definition) is 1. The lowest BCUT2D eigenvalue weighted by atomic mass is 10.1. The van der Waals surface area contributed by atoms with Crippen molar-refractivity contribution in [1.82, 2.24) is 5.32 Å². The average molecular weight is 386 g/mol. The number of halogens is 1. The van der Waals surface area contributed by atoms with Gasteiger partial charge in [-0.3, -0.25) is 4.79 Å². The van der Waals surface area contributed by atoms with Gasteiger partial charge in [0.1, 0.15) is 5.75 Å². The molecule has 0 atom stereocenters. The second kappa shape index (κ2) is 7.51. The maximum atomic E-state index is 12.1. The zero-order chi connectivity index (χ0) is 16.1. The van der Waals surface area contributed by atoms with Gasteiger partial charge in [0.15, 0.2) is 11.5 Å². The van der Waals surface area contributed by atoms with Gasteiger partial charge in [-0.05, 0) is 28.1 Å². The van der Waals surface area contributed by atoms with Crippen molar-refractivity contribution in [3.63, 3.8) is 0 Å². The predicted octanol–water partition coefficient (Wildman–Crippen LogP) is 3.47. The lowest BCUT2D eigenvalue weighted by Gasteiger charge is -2.14. The Hall–Kier alpha value is -1.73. The van der Waals surface area contributed by atoms with E-state index in [1.807, 2.05) is 0 Å². The molecule has 7 heteroatoms. The Kier molecular flexibility index (Phi) is 5.68. The van der Waals surface area contributed by atoms with Crippen LogP contribution in [0, 0.1) is 0 Å². The molecule has 0 saturated heterocycles. The van der Waals surface area contributed by atoms with Gasteiger partial charge in [-0.15, -0.1) is 11.3 Å². The third-order valence-electron chi connectivity index (χ3n) is 3.06. The summed E-state index contributed by atoms with van der Waals surface area (Å²) in [6, 6.07) is 5.31. The molecule has 1 amide bonds. The number of amides is 1. The standard InChI is InChI=1S/C15H16BrNO4S/c1-19-11-6-13(21-3)12(20-2)4-9(11)7-17-15(18)10-5-14(16)22-8-10/h4-6,8H,7H2,1-3H3,(H,17,18). The molecule has 1 aromatic carbocycles. The van der Waals surface area contributed by atoms with Crippen molar-refractivity contribution in [2.24, 2.45) is 0 Å². The maximum Gasteiger partial charge on any atom is 0.252 e. The fraction of sp³-hybridized carbons (Fsp3) is 0.267. The Balaban J connectivity index is 2.16. The molecule has 22 heavy (non-hydrogen) atoms. The molecule has 2 rings (SSSR count). The zero-order valence-corrected chi connectivity index (χ0v) is 14.8. The second-order valence-corrected chi connectivity index (χ2v) is 6.63. The van der Waals surface area contributed by atoms with E-state index in [-0.39, 0.29) is 5.91 Å². The second-order valence-electron chi connectivity index (χ2n) is 4.34. The van der Waals surface area contributed by atoms with Crippen LogP contribution in [-0.4, -0.2) is 27.2 Å². The minimum atomic E-state index is -0.140. The molecule has 0 fully saturated rings. The molecule has 0 aliphatic rings. The monoisotopic (exact) mass is 385 g/mol. The number of nitrogens with one attached hydrogen (secondary N) is 1. The maximum absolute atomic E-state index is 12.1. The van der Waals surface area contributed by atoms with Gasteiger partial charge in [-0.2, -0.15) is 0 Å². The summed E-state index contributed by atoms with van der Waals surface area (Å²) in [5.41, 5.74) is 1.43. The Morgan fingerprint density at radius 2 is 1.73 bits per heavy atom. The van der Waals surface area contributed by atoms with Crippen LogP contribution in [0.4, 0.5) is 0 Å². The van der Waals surface area contributed by atoms with Crippen molar-refractivity contribution in [2.75, 3.05) is 21.3 Å². The highest BCUT2D eigenvalue weighted by Crippen LogP contribution is 2.34. The van der Waals surface area contributed by atoms with Crippen molar-refractivity contribution in [3.05, 3.63) is 38.5 Å². The lowest BCUT2D eigenvalue weighted by molar-refractivity contribution is 0.0951. The largest absolute Gasteiger partial charge is 0.496 e. The van der Waals surface area contributed by atoms with Gasteiger partial charge in [0.05, 0.1) is 30.7 Å². The van der Waals surface area contributed by atoms with Gasteiger partial charge in [-0.25, -0.2) is 0 Å². The molecule has 0 aliphatic carbocycles. The van der Waals surface area contributed by atoms with Crippen molar-refractivity contribution in [1.29, 1.82) is 0 Å². The van der Waals surface area contributed by atoms with E-state index in [1.165, 1.54) is 11.3 Å². The summed E-state index contributed by atoms with van der Waals surface area (Å²) in [6.45, 7) is 0.329. The third-order valence-corrected chi connectivity index (χ3v) is 4.56. The van der Waals surface area contributed by atoms with E-state index in [1.54, 1.807) is 44.9 Å². The van der Waals surface area contributed by atoms with Crippen LogP contribution in [0.5, 0.6) is 17.2 Å². The first-order chi connectivity index (χ1) is 10.6. The summed E-state index contributed by atoms with van der Waals surface area (Å²) in [7, 11) is 4.70. The van der Waals surface area contributed by atoms with Crippen LogP contribution in [-0.2, 0) is 6.54 Å². The van der Waals surface area contributed by atoms with Gasteiger partial charge in [-0.1, -0.05) is 0 Å². The first kappa shape index (κ1) is 16.6. The van der Waals surface area contributed by atoms with E-state index >= 15 is 0 Å². The molecule has 1 heterocycles. The molecule has 1 aromatic heterocycles. The molecule has 0 radical (unpaired) electrons. The van der Waals surface area contributed by atoms with Crippen molar-refractivity contribution in [2.45, 2.75) is 6.54 Å². The van der Waals surface area contributed by atoms with Crippen LogP contribution >= 0.6 is 27.3 Å². The summed E-state index contributed by atoms with van der Waals surface area (Å²) >= 11 is 4.81. The van der Waals surface area contributed by atoms with E-state index in [0.717, 1.165) is 9.35 Å². The van der Waals surface area contributed by atoms with E-state index in [4.69, 9.17) is 14.2 Å². The highest BCUT2D eigenvalue weighted by Gasteiger charge is 2.13. The molecule has 0 aliphatic heterocycles. The first-order valence-corrected chi connectivity index (χ1v) is 8.07. The number of carbonyl (C=O) groups is 1. The van der Waals surface area contributed by atoms with Crippen molar-refractivity contribution in [3.8, 4) is 17.2 Å². The van der Waals surface area contributed by atoms with Crippen molar-refractivity contribution >= 4 is 33.2 Å². The van der Waals surface area contributed by atoms with E-state index in [2.05, 4.69) is 21.2 Å². The molecule has 1 N–H and O–H groups in total. The van der Waals surface area contributed by atoms with Gasteiger partial charge in [0, 0.05) is 23.6 Å². The molecule has 2 aromatic rings. The SMILES string of the molecule is COc1cc(OC)c(OC)cc1CNC(=O)c1csc(Br)c1. The summed E-state index contributed by atoms with van der Waals surface area (Å²) < 4.78 is 16.8. The smallest absolute Gasteiger partial charge is 0.252 e. The Morgan fingerprint density at radius 1 is 1.09 bits per heavy atom. The minimum absolute atomic E-state index is 0.140. The molecule has 0 spiro atoms. The van der Waals surface area contributed by atoms with Gasteiger partial charge in [0.2, 0.25) is 0 Å². The average Bonchev–Trinajstić information content (AvgIpc) is 2.98. The van der Waals surface area contributed by atoms with Gasteiger partial charge >= 0.3 is 0 Å². The molecule has 5 nitrogen and oxygen atoms in total. The third kappa shape index (κ3) is 3.72. The Morgan fingerprint density at radius 3 is 2.27 bits per heavy atom. The van der Waals surface area contributed by atoms with Crippen LogP contribution in [0.15, 0.2) is 27.4 Å². The molecular weight excluding hydrogens is 370 g/mol. The van der Waals surface area contributed by atoms with Crippen LogP contribution in [0.3, 0.4) is 0 Å². The molecule has 118 valence electrons. The van der Waals surface area contributed by atoms with E-state index in [0.29, 0.717) is 29.4 Å². The van der Waals surface area contributed by atoms with Crippen LogP contribution in [0.2, 0.25) is 0 Å². The fourth-order valence-corrected chi connectivity index (χ4v) is 3.07. The van der Waals surface area contributed by atoms with Gasteiger partial charge < -0.3 is 19.5 Å². The summed E-state index contributed by atoms with van der Waals surface area (Å²) in [6.07, 6.45) is 0. The number of carbonyl (C=O) groups excluding carboxylic acids is 1. The first-order valence-electron chi connectivity index (χ1n) is 6.40. The minimum Gasteiger partial charge on any atom is -0.496 e. The Labute approximate surface area is 141 Å². The molecular formula is C15H16BrNO4S. The zero-order valence-electron chi connectivity index (χ0n) is 12.4. The topological polar surface area (TPSA) is 56.8 Å². The number of rotatable bonds is 6. The summed E-state index contributed by atoms with van der Waals surface area (Å²) in [5, 5.41) is 4.66. The number of methoxy groups -OCH3 is 3. The number of benzene rings is 1. The number of ether oxygens (including phenoxy) is 3. The summed E-state index contributed by atoms with van der Waals surface area (Å²) in [5.74, 6) is 1.66. The van der Waals surface area contributed by atoms with Crippen LogP contribution < -0.4 is 19.5 Å². The molecule has 0 saturated carbocycles. The Bertz CT molecular complexity index is 672. The van der Waals surface area contributed by atoms with Crippen LogP contribution in [0.25, 0.3) is 0 Å². The molecule has 0 bridgehead atoms. The highest BCUT2D eigenvalue weighted by atomic mass is 79.9. The van der Waals surface area contributed by atoms with Gasteiger partial charge in [0.25, 0.3) is 5.91 Å². The normalized spacial score (nSPS) is 10.2.